The van der Waals surface area contributed by atoms with Crippen molar-refractivity contribution in [2.24, 2.45) is 0 Å². The van der Waals surface area contributed by atoms with Crippen molar-refractivity contribution in [3.63, 3.8) is 0 Å². The van der Waals surface area contributed by atoms with Crippen LogP contribution in [0.15, 0.2) is 72.2 Å². The van der Waals surface area contributed by atoms with Crippen LogP contribution in [0, 0.1) is 0 Å². The summed E-state index contributed by atoms with van der Waals surface area (Å²) in [4.78, 5) is 23.7. The number of cyclic esters (lactones) is 1. The molecule has 0 saturated carbocycles. The molecule has 5 nitrogen and oxygen atoms in total. The van der Waals surface area contributed by atoms with Crippen molar-refractivity contribution in [2.75, 3.05) is 0 Å². The van der Waals surface area contributed by atoms with Crippen LogP contribution in [0.5, 0.6) is 0 Å². The molecule has 0 fully saturated rings. The second-order valence-corrected chi connectivity index (χ2v) is 4.85. The molecule has 0 spiro atoms. The highest BCUT2D eigenvalue weighted by atomic mass is 16.6. The third kappa shape index (κ3) is 2.60. The zero-order chi connectivity index (χ0) is 16.4. The minimum atomic E-state index is -1.29. The lowest BCUT2D eigenvalue weighted by molar-refractivity contribution is -0.131. The molecule has 0 saturated heterocycles. The number of hydrogen-bond acceptors (Lipinski definition) is 4. The maximum absolute atomic E-state index is 12.1. The monoisotopic (exact) mass is 308 g/mol. The first-order chi connectivity index (χ1) is 11.1. The quantitative estimate of drug-likeness (QED) is 0.672. The second kappa shape index (κ2) is 5.81. The molecule has 1 aliphatic rings. The van der Waals surface area contributed by atoms with Crippen LogP contribution in [0.4, 0.5) is 0 Å². The fraction of sp³-hybridized carbons (Fsp3) is 0. The van der Waals surface area contributed by atoms with Gasteiger partial charge in [-0.2, -0.15) is 0 Å². The zero-order valence-corrected chi connectivity index (χ0v) is 11.9. The summed E-state index contributed by atoms with van der Waals surface area (Å²) in [6.45, 7) is 0. The van der Waals surface area contributed by atoms with E-state index in [2.05, 4.69) is 0 Å². The van der Waals surface area contributed by atoms with Gasteiger partial charge in [0.2, 0.25) is 0 Å². The van der Waals surface area contributed by atoms with Crippen LogP contribution in [0.1, 0.15) is 11.1 Å². The molecule has 2 aromatic carbocycles. The van der Waals surface area contributed by atoms with Gasteiger partial charge in [0.15, 0.2) is 11.5 Å². The number of aliphatic carboxylic acids is 1. The lowest BCUT2D eigenvalue weighted by Crippen LogP contribution is -2.06. The Morgan fingerprint density at radius 3 is 2.04 bits per heavy atom. The lowest BCUT2D eigenvalue weighted by atomic mass is 10.0. The van der Waals surface area contributed by atoms with E-state index in [0.29, 0.717) is 11.1 Å². The maximum Gasteiger partial charge on any atom is 0.348 e. The SMILES string of the molecule is O=C(O)C(=C1OC(=O)C(c2ccccc2)=C1O)c1ccccc1. The molecule has 2 N–H and O–H groups in total. The molecule has 0 bridgehead atoms. The zero-order valence-electron chi connectivity index (χ0n) is 11.9. The third-order valence-corrected chi connectivity index (χ3v) is 3.42. The van der Waals surface area contributed by atoms with Crippen LogP contribution in [-0.4, -0.2) is 22.2 Å². The predicted octanol–water partition coefficient (Wildman–Crippen LogP) is 3.01. The maximum atomic E-state index is 12.1. The highest BCUT2D eigenvalue weighted by molar-refractivity contribution is 6.24. The van der Waals surface area contributed by atoms with Crippen molar-refractivity contribution in [1.82, 2.24) is 0 Å². The van der Waals surface area contributed by atoms with E-state index < -0.39 is 17.7 Å². The number of aliphatic hydroxyl groups excluding tert-OH is 1. The van der Waals surface area contributed by atoms with Gasteiger partial charge in [0.05, 0.1) is 0 Å². The van der Waals surface area contributed by atoms with E-state index >= 15 is 0 Å². The van der Waals surface area contributed by atoms with Crippen molar-refractivity contribution in [1.29, 1.82) is 0 Å². The summed E-state index contributed by atoms with van der Waals surface area (Å²) < 4.78 is 5.05. The Kier molecular flexibility index (Phi) is 3.68. The molecule has 23 heavy (non-hydrogen) atoms. The van der Waals surface area contributed by atoms with Crippen LogP contribution >= 0.6 is 0 Å². The third-order valence-electron chi connectivity index (χ3n) is 3.42. The van der Waals surface area contributed by atoms with Gasteiger partial charge in [0.1, 0.15) is 11.1 Å². The minimum absolute atomic E-state index is 0.0460. The Bertz CT molecular complexity index is 832. The first kappa shape index (κ1) is 14.6. The topological polar surface area (TPSA) is 83.8 Å². The number of carboxylic acids is 1. The summed E-state index contributed by atoms with van der Waals surface area (Å²) in [6, 6.07) is 16.7. The van der Waals surface area contributed by atoms with Gasteiger partial charge < -0.3 is 14.9 Å². The van der Waals surface area contributed by atoms with Crippen LogP contribution in [0.25, 0.3) is 11.1 Å². The summed E-state index contributed by atoms with van der Waals surface area (Å²) >= 11 is 0. The molecule has 0 aromatic heterocycles. The summed E-state index contributed by atoms with van der Waals surface area (Å²) in [7, 11) is 0. The van der Waals surface area contributed by atoms with Gasteiger partial charge in [0, 0.05) is 0 Å². The average molecular weight is 308 g/mol. The molecule has 3 rings (SSSR count). The molecule has 1 heterocycles. The Morgan fingerprint density at radius 1 is 0.913 bits per heavy atom. The van der Waals surface area contributed by atoms with Crippen molar-refractivity contribution in [2.45, 2.75) is 0 Å². The van der Waals surface area contributed by atoms with Crippen molar-refractivity contribution in [3.8, 4) is 0 Å². The number of ether oxygens (including phenoxy) is 1. The number of esters is 1. The van der Waals surface area contributed by atoms with Gasteiger partial charge >= 0.3 is 11.9 Å². The summed E-state index contributed by atoms with van der Waals surface area (Å²) in [5, 5.41) is 19.8. The number of aliphatic hydroxyl groups is 1. The number of carbonyl (C=O) groups is 2. The Labute approximate surface area is 131 Å². The predicted molar refractivity (Wildman–Crippen MR) is 83.1 cm³/mol. The molecule has 0 aliphatic carbocycles. The van der Waals surface area contributed by atoms with E-state index in [-0.39, 0.29) is 16.9 Å². The van der Waals surface area contributed by atoms with Gasteiger partial charge in [-0.05, 0) is 11.1 Å². The van der Waals surface area contributed by atoms with E-state index in [9.17, 15) is 19.8 Å². The van der Waals surface area contributed by atoms with E-state index in [4.69, 9.17) is 4.74 Å². The fourth-order valence-electron chi connectivity index (χ4n) is 2.39. The number of carboxylic acid groups (broad SMARTS) is 1. The normalized spacial score (nSPS) is 16.3. The van der Waals surface area contributed by atoms with Gasteiger partial charge in [-0.3, -0.25) is 0 Å². The lowest BCUT2D eigenvalue weighted by Gasteiger charge is -2.06. The number of carbonyl (C=O) groups excluding carboxylic acids is 1. The van der Waals surface area contributed by atoms with Gasteiger partial charge in [-0.25, -0.2) is 9.59 Å². The van der Waals surface area contributed by atoms with Crippen molar-refractivity contribution in [3.05, 3.63) is 83.3 Å². The van der Waals surface area contributed by atoms with Gasteiger partial charge in [0.25, 0.3) is 0 Å². The van der Waals surface area contributed by atoms with Crippen molar-refractivity contribution < 1.29 is 24.5 Å². The summed E-state index contributed by atoms with van der Waals surface area (Å²) in [5.41, 5.74) is 0.490. The molecule has 2 aromatic rings. The summed E-state index contributed by atoms with van der Waals surface area (Å²) in [6.07, 6.45) is 0. The first-order valence-corrected chi connectivity index (χ1v) is 6.84. The van der Waals surface area contributed by atoms with Crippen LogP contribution in [0.3, 0.4) is 0 Å². The van der Waals surface area contributed by atoms with Crippen molar-refractivity contribution >= 4 is 23.1 Å². The fourth-order valence-corrected chi connectivity index (χ4v) is 2.39. The smallest absolute Gasteiger partial charge is 0.348 e. The van der Waals surface area contributed by atoms with Crippen LogP contribution in [-0.2, 0) is 14.3 Å². The highest BCUT2D eigenvalue weighted by Gasteiger charge is 2.35. The Morgan fingerprint density at radius 2 is 1.48 bits per heavy atom. The summed E-state index contributed by atoms with van der Waals surface area (Å²) in [5.74, 6) is -2.88. The van der Waals surface area contributed by atoms with Gasteiger partial charge in [-0.1, -0.05) is 60.7 Å². The minimum Gasteiger partial charge on any atom is -0.504 e. The molecule has 114 valence electrons. The van der Waals surface area contributed by atoms with Crippen LogP contribution in [0.2, 0.25) is 0 Å². The van der Waals surface area contributed by atoms with Crippen LogP contribution < -0.4 is 0 Å². The molecule has 0 amide bonds. The van der Waals surface area contributed by atoms with E-state index in [1.54, 1.807) is 60.7 Å². The molecule has 0 radical (unpaired) electrons. The standard InChI is InChI=1S/C18H12O5/c19-15-13(11-7-3-1-4-8-11)18(22)23-16(15)14(17(20)21)12-9-5-2-6-10-12/h1-10,19H,(H,20,21). The molecule has 0 unspecified atom stereocenters. The molecular weight excluding hydrogens is 296 g/mol. The highest BCUT2D eigenvalue weighted by Crippen LogP contribution is 2.36. The molecule has 5 heteroatoms. The Hall–Kier alpha value is -3.34. The second-order valence-electron chi connectivity index (χ2n) is 4.85. The largest absolute Gasteiger partial charge is 0.504 e. The Balaban J connectivity index is 2.21. The van der Waals surface area contributed by atoms with E-state index in [0.717, 1.165) is 0 Å². The first-order valence-electron chi connectivity index (χ1n) is 6.84. The average Bonchev–Trinajstić information content (AvgIpc) is 2.84. The van der Waals surface area contributed by atoms with E-state index in [1.807, 2.05) is 0 Å². The van der Waals surface area contributed by atoms with Gasteiger partial charge in [-0.15, -0.1) is 0 Å². The number of rotatable bonds is 3. The molecule has 0 atom stereocenters. The molecule has 1 aliphatic heterocycles. The number of benzene rings is 2. The van der Waals surface area contributed by atoms with E-state index in [1.165, 1.54) is 0 Å². The number of hydrogen-bond donors (Lipinski definition) is 2. The molecular formula is C18H12O5.